The molecule has 0 atom stereocenters. The van der Waals surface area contributed by atoms with Crippen LogP contribution in [0.4, 0.5) is 0 Å². The lowest BCUT2D eigenvalue weighted by Gasteiger charge is -2.41. The van der Waals surface area contributed by atoms with Crippen molar-refractivity contribution in [2.45, 2.75) is 58.4 Å². The second-order valence-corrected chi connectivity index (χ2v) is 7.81. The van der Waals surface area contributed by atoms with Crippen LogP contribution in [0.2, 0.25) is 0 Å². The summed E-state index contributed by atoms with van der Waals surface area (Å²) in [7, 11) is 0. The molecule has 3 rings (SSSR count). The van der Waals surface area contributed by atoms with Crippen molar-refractivity contribution < 1.29 is 9.59 Å². The Bertz CT molecular complexity index is 875. The van der Waals surface area contributed by atoms with E-state index in [0.29, 0.717) is 38.1 Å². The van der Waals surface area contributed by atoms with Crippen LogP contribution in [-0.4, -0.2) is 39.5 Å². The van der Waals surface area contributed by atoms with E-state index in [1.165, 1.54) is 0 Å². The molecule has 5 heteroatoms. The first-order valence-corrected chi connectivity index (χ1v) is 10.6. The van der Waals surface area contributed by atoms with E-state index in [4.69, 9.17) is 0 Å². The highest BCUT2D eigenvalue weighted by Crippen LogP contribution is 2.37. The third-order valence-corrected chi connectivity index (χ3v) is 5.98. The minimum atomic E-state index is -0.462. The molecule has 0 bridgehead atoms. The number of rotatable bonds is 7. The third kappa shape index (κ3) is 4.50. The molecular weight excluding hydrogens is 362 g/mol. The largest absolute Gasteiger partial charge is 0.339 e. The topological polar surface area (TPSA) is 55.2 Å². The van der Waals surface area contributed by atoms with Gasteiger partial charge in [0.2, 0.25) is 5.91 Å². The van der Waals surface area contributed by atoms with Gasteiger partial charge in [-0.15, -0.1) is 0 Å². The number of aromatic nitrogens is 2. The van der Waals surface area contributed by atoms with Crippen molar-refractivity contribution in [3.63, 3.8) is 0 Å². The molecule has 154 valence electrons. The van der Waals surface area contributed by atoms with Crippen LogP contribution in [0.15, 0.2) is 42.6 Å². The molecule has 2 aromatic rings. The molecule has 1 aromatic carbocycles. The number of benzene rings is 1. The SMILES string of the molecule is CCCC(=O)C1(c2ccccc2)CCN(C(=O)C=Cc2cn(CC)nc2C)CC1. The maximum atomic E-state index is 13.0. The summed E-state index contributed by atoms with van der Waals surface area (Å²) in [6, 6.07) is 10.1. The standard InChI is InChI=1S/C24H31N3O2/c1-4-9-22(28)24(21-10-7-6-8-11-21)14-16-26(17-15-24)23(29)13-12-20-18-27(5-2)25-19(20)3/h6-8,10-13,18H,4-5,9,14-17H2,1-3H3. The van der Waals surface area contributed by atoms with Crippen molar-refractivity contribution in [3.05, 3.63) is 59.4 Å². The molecule has 0 radical (unpaired) electrons. The minimum absolute atomic E-state index is 0.00162. The molecule has 2 heterocycles. The van der Waals surface area contributed by atoms with E-state index in [-0.39, 0.29) is 5.91 Å². The average molecular weight is 394 g/mol. The molecule has 5 nitrogen and oxygen atoms in total. The predicted molar refractivity (Wildman–Crippen MR) is 116 cm³/mol. The Labute approximate surface area is 173 Å². The van der Waals surface area contributed by atoms with Gasteiger partial charge in [-0.25, -0.2) is 0 Å². The number of nitrogens with zero attached hydrogens (tertiary/aromatic N) is 3. The van der Waals surface area contributed by atoms with Gasteiger partial charge in [0.1, 0.15) is 5.78 Å². The Hall–Kier alpha value is -2.69. The Kier molecular flexibility index (Phi) is 6.68. The number of hydrogen-bond acceptors (Lipinski definition) is 3. The molecule has 1 aliphatic heterocycles. The van der Waals surface area contributed by atoms with Gasteiger partial charge < -0.3 is 4.90 Å². The first-order valence-electron chi connectivity index (χ1n) is 10.6. The van der Waals surface area contributed by atoms with Crippen LogP contribution in [0.3, 0.4) is 0 Å². The number of piperidine rings is 1. The molecule has 0 unspecified atom stereocenters. The summed E-state index contributed by atoms with van der Waals surface area (Å²) in [5, 5.41) is 4.41. The lowest BCUT2D eigenvalue weighted by Crippen LogP contribution is -2.48. The predicted octanol–water partition coefficient (Wildman–Crippen LogP) is 4.15. The van der Waals surface area contributed by atoms with Crippen LogP contribution in [0.1, 0.15) is 56.4 Å². The minimum Gasteiger partial charge on any atom is -0.339 e. The van der Waals surface area contributed by atoms with E-state index in [0.717, 1.165) is 29.8 Å². The first kappa shape index (κ1) is 21.0. The third-order valence-electron chi connectivity index (χ3n) is 5.98. The number of hydrogen-bond donors (Lipinski definition) is 0. The van der Waals surface area contributed by atoms with Crippen LogP contribution < -0.4 is 0 Å². The summed E-state index contributed by atoms with van der Waals surface area (Å²) in [6.45, 7) is 8.04. The van der Waals surface area contributed by atoms with E-state index in [1.54, 1.807) is 6.08 Å². The van der Waals surface area contributed by atoms with E-state index in [1.807, 2.05) is 60.8 Å². The molecule has 29 heavy (non-hydrogen) atoms. The molecule has 1 amide bonds. The van der Waals surface area contributed by atoms with Crippen molar-refractivity contribution in [2.24, 2.45) is 0 Å². The molecule has 0 spiro atoms. The zero-order valence-electron chi connectivity index (χ0n) is 17.7. The van der Waals surface area contributed by atoms with Crippen molar-refractivity contribution in [1.82, 2.24) is 14.7 Å². The molecule has 0 saturated carbocycles. The first-order chi connectivity index (χ1) is 14.0. The molecule has 0 aliphatic carbocycles. The van der Waals surface area contributed by atoms with Gasteiger partial charge in [-0.05, 0) is 44.7 Å². The lowest BCUT2D eigenvalue weighted by atomic mass is 9.68. The fraction of sp³-hybridized carbons (Fsp3) is 0.458. The zero-order valence-corrected chi connectivity index (χ0v) is 17.7. The number of carbonyl (C=O) groups excluding carboxylic acids is 2. The quantitative estimate of drug-likeness (QED) is 0.664. The smallest absolute Gasteiger partial charge is 0.246 e. The highest BCUT2D eigenvalue weighted by Gasteiger charge is 2.42. The van der Waals surface area contributed by atoms with Crippen LogP contribution in [-0.2, 0) is 21.5 Å². The fourth-order valence-electron chi connectivity index (χ4n) is 4.19. The monoisotopic (exact) mass is 393 g/mol. The lowest BCUT2D eigenvalue weighted by molar-refractivity contribution is -0.132. The highest BCUT2D eigenvalue weighted by molar-refractivity contribution is 5.93. The molecule has 0 N–H and O–H groups in total. The highest BCUT2D eigenvalue weighted by atomic mass is 16.2. The summed E-state index contributed by atoms with van der Waals surface area (Å²) in [6.07, 6.45) is 8.24. The Morgan fingerprint density at radius 2 is 1.83 bits per heavy atom. The Morgan fingerprint density at radius 3 is 2.41 bits per heavy atom. The van der Waals surface area contributed by atoms with Crippen molar-refractivity contribution in [2.75, 3.05) is 13.1 Å². The number of likely N-dealkylation sites (tertiary alicyclic amines) is 1. The summed E-state index contributed by atoms with van der Waals surface area (Å²) in [4.78, 5) is 27.6. The second-order valence-electron chi connectivity index (χ2n) is 7.81. The van der Waals surface area contributed by atoms with Gasteiger partial charge >= 0.3 is 0 Å². The van der Waals surface area contributed by atoms with Gasteiger partial charge in [-0.3, -0.25) is 14.3 Å². The van der Waals surface area contributed by atoms with Crippen molar-refractivity contribution >= 4 is 17.8 Å². The summed E-state index contributed by atoms with van der Waals surface area (Å²) in [5.74, 6) is 0.301. The Balaban J connectivity index is 1.71. The van der Waals surface area contributed by atoms with Gasteiger partial charge in [0.15, 0.2) is 0 Å². The molecule has 1 fully saturated rings. The molecule has 1 saturated heterocycles. The van der Waals surface area contributed by atoms with Crippen molar-refractivity contribution in [1.29, 1.82) is 0 Å². The number of aryl methyl sites for hydroxylation is 2. The number of carbonyl (C=O) groups is 2. The van der Waals surface area contributed by atoms with E-state index in [2.05, 4.69) is 17.2 Å². The second kappa shape index (κ2) is 9.21. The normalized spacial score (nSPS) is 16.3. The summed E-state index contributed by atoms with van der Waals surface area (Å²) < 4.78 is 1.87. The van der Waals surface area contributed by atoms with E-state index < -0.39 is 5.41 Å². The van der Waals surface area contributed by atoms with Gasteiger partial charge in [-0.2, -0.15) is 5.10 Å². The summed E-state index contributed by atoms with van der Waals surface area (Å²) in [5.41, 5.74) is 2.51. The number of amides is 1. The molecule has 1 aliphatic rings. The van der Waals surface area contributed by atoms with Gasteiger partial charge in [-0.1, -0.05) is 37.3 Å². The Morgan fingerprint density at radius 1 is 1.14 bits per heavy atom. The van der Waals surface area contributed by atoms with Gasteiger partial charge in [0.25, 0.3) is 0 Å². The molecular formula is C24H31N3O2. The zero-order chi connectivity index (χ0) is 20.9. The maximum Gasteiger partial charge on any atom is 0.246 e. The van der Waals surface area contributed by atoms with Gasteiger partial charge in [0.05, 0.1) is 11.1 Å². The summed E-state index contributed by atoms with van der Waals surface area (Å²) >= 11 is 0. The van der Waals surface area contributed by atoms with E-state index in [9.17, 15) is 9.59 Å². The number of ketones is 1. The maximum absolute atomic E-state index is 13.0. The van der Waals surface area contributed by atoms with Crippen molar-refractivity contribution in [3.8, 4) is 0 Å². The fourth-order valence-corrected chi connectivity index (χ4v) is 4.19. The van der Waals surface area contributed by atoms with Crippen LogP contribution in [0.5, 0.6) is 0 Å². The van der Waals surface area contributed by atoms with E-state index >= 15 is 0 Å². The molecule has 1 aromatic heterocycles. The average Bonchev–Trinajstić information content (AvgIpc) is 3.12. The van der Waals surface area contributed by atoms with Crippen LogP contribution in [0.25, 0.3) is 6.08 Å². The number of Topliss-reactive ketones (excluding diaryl/α,β-unsaturated/α-hetero) is 1. The van der Waals surface area contributed by atoms with Crippen LogP contribution >= 0.6 is 0 Å². The van der Waals surface area contributed by atoms with Gasteiger partial charge in [0, 0.05) is 43.9 Å². The van der Waals surface area contributed by atoms with Crippen LogP contribution in [0, 0.1) is 6.92 Å².